The molecule has 4 rings (SSSR count). The van der Waals surface area contributed by atoms with E-state index in [1.807, 2.05) is 19.1 Å². The maximum absolute atomic E-state index is 12.9. The fourth-order valence-electron chi connectivity index (χ4n) is 4.03. The van der Waals surface area contributed by atoms with Crippen molar-refractivity contribution in [2.24, 2.45) is 7.05 Å². The molecular formula is C21H24N2O2S. The Balaban J connectivity index is 1.55. The van der Waals surface area contributed by atoms with Gasteiger partial charge in [-0.25, -0.2) is 8.42 Å². The highest BCUT2D eigenvalue weighted by Crippen LogP contribution is 2.35. The molecule has 5 heteroatoms. The van der Waals surface area contributed by atoms with Crippen molar-refractivity contribution >= 4 is 20.9 Å². The average molecular weight is 369 g/mol. The number of piperidine rings is 1. The van der Waals surface area contributed by atoms with Crippen LogP contribution in [0.3, 0.4) is 0 Å². The van der Waals surface area contributed by atoms with Gasteiger partial charge in [-0.1, -0.05) is 30.3 Å². The molecule has 1 saturated heterocycles. The highest BCUT2D eigenvalue weighted by molar-refractivity contribution is 7.89. The van der Waals surface area contributed by atoms with Crippen molar-refractivity contribution in [3.05, 3.63) is 65.9 Å². The van der Waals surface area contributed by atoms with Gasteiger partial charge in [0.15, 0.2) is 0 Å². The van der Waals surface area contributed by atoms with E-state index in [4.69, 9.17) is 0 Å². The molecule has 0 spiro atoms. The van der Waals surface area contributed by atoms with Crippen molar-refractivity contribution in [1.29, 1.82) is 0 Å². The molecular weight excluding hydrogens is 344 g/mol. The van der Waals surface area contributed by atoms with Crippen molar-refractivity contribution in [2.75, 3.05) is 13.1 Å². The van der Waals surface area contributed by atoms with E-state index in [1.54, 1.807) is 16.4 Å². The molecule has 0 N–H and O–H groups in total. The summed E-state index contributed by atoms with van der Waals surface area (Å²) in [6.07, 6.45) is 3.93. The molecule has 1 aromatic heterocycles. The summed E-state index contributed by atoms with van der Waals surface area (Å²) in [5.41, 5.74) is 3.55. The minimum absolute atomic E-state index is 0.404. The van der Waals surface area contributed by atoms with Crippen LogP contribution in [-0.2, 0) is 17.1 Å². The fraction of sp³-hybridized carbons (Fsp3) is 0.333. The molecule has 1 aliphatic heterocycles. The average Bonchev–Trinajstić information content (AvgIpc) is 2.99. The third kappa shape index (κ3) is 2.95. The van der Waals surface area contributed by atoms with Crippen LogP contribution < -0.4 is 0 Å². The lowest BCUT2D eigenvalue weighted by Crippen LogP contribution is -2.37. The second kappa shape index (κ2) is 6.56. The molecule has 0 amide bonds. The van der Waals surface area contributed by atoms with Gasteiger partial charge in [-0.15, -0.1) is 0 Å². The van der Waals surface area contributed by atoms with Gasteiger partial charge < -0.3 is 4.57 Å². The third-order valence-electron chi connectivity index (χ3n) is 5.45. The lowest BCUT2D eigenvalue weighted by Gasteiger charge is -2.31. The predicted octanol–water partition coefficient (Wildman–Crippen LogP) is 4.06. The first-order valence-corrected chi connectivity index (χ1v) is 10.5. The lowest BCUT2D eigenvalue weighted by molar-refractivity contribution is 0.320. The Kier molecular flexibility index (Phi) is 4.37. The molecule has 26 heavy (non-hydrogen) atoms. The zero-order valence-electron chi connectivity index (χ0n) is 15.2. The molecule has 1 aliphatic rings. The van der Waals surface area contributed by atoms with Crippen molar-refractivity contribution in [3.63, 3.8) is 0 Å². The Morgan fingerprint density at radius 1 is 1.00 bits per heavy atom. The number of hydrogen-bond donors (Lipinski definition) is 0. The van der Waals surface area contributed by atoms with Gasteiger partial charge in [-0.2, -0.15) is 4.31 Å². The smallest absolute Gasteiger partial charge is 0.243 e. The molecule has 1 fully saturated rings. The standard InChI is InChI=1S/C21H24N2O2S/c1-16-6-5-7-18(14-16)26(24,25)23-12-10-17(11-13-23)20-15-22(2)21-9-4-3-8-19(20)21/h3-9,14-15,17H,10-13H2,1-2H3. The zero-order chi connectivity index (χ0) is 18.3. The van der Waals surface area contributed by atoms with Crippen LogP contribution in [0.4, 0.5) is 0 Å². The molecule has 136 valence electrons. The van der Waals surface area contributed by atoms with Gasteiger partial charge in [-0.05, 0) is 55.0 Å². The fourth-order valence-corrected chi connectivity index (χ4v) is 5.61. The summed E-state index contributed by atoms with van der Waals surface area (Å²) in [6, 6.07) is 15.6. The number of benzene rings is 2. The van der Waals surface area contributed by atoms with E-state index in [0.717, 1.165) is 18.4 Å². The predicted molar refractivity (Wildman–Crippen MR) is 105 cm³/mol. The topological polar surface area (TPSA) is 42.3 Å². The van der Waals surface area contributed by atoms with Crippen LogP contribution in [0, 0.1) is 6.92 Å². The number of aromatic nitrogens is 1. The summed E-state index contributed by atoms with van der Waals surface area (Å²) in [4.78, 5) is 0.404. The molecule has 4 nitrogen and oxygen atoms in total. The second-order valence-electron chi connectivity index (χ2n) is 7.21. The first kappa shape index (κ1) is 17.3. The van der Waals surface area contributed by atoms with Crippen LogP contribution in [-0.4, -0.2) is 30.4 Å². The quantitative estimate of drug-likeness (QED) is 0.700. The number of para-hydroxylation sites is 1. The Hall–Kier alpha value is -2.11. The van der Waals surface area contributed by atoms with E-state index in [2.05, 4.69) is 42.1 Å². The van der Waals surface area contributed by atoms with E-state index in [0.29, 0.717) is 23.9 Å². The lowest BCUT2D eigenvalue weighted by atomic mass is 9.90. The molecule has 0 unspecified atom stereocenters. The van der Waals surface area contributed by atoms with Crippen molar-refractivity contribution < 1.29 is 8.42 Å². The first-order chi connectivity index (χ1) is 12.5. The number of nitrogens with zero attached hydrogens (tertiary/aromatic N) is 2. The minimum Gasteiger partial charge on any atom is -0.350 e. The van der Waals surface area contributed by atoms with Crippen LogP contribution in [0.15, 0.2) is 59.6 Å². The van der Waals surface area contributed by atoms with Crippen molar-refractivity contribution in [1.82, 2.24) is 8.87 Å². The summed E-state index contributed by atoms with van der Waals surface area (Å²) in [6.45, 7) is 3.07. The van der Waals surface area contributed by atoms with Gasteiger partial charge >= 0.3 is 0 Å². The Morgan fingerprint density at radius 2 is 1.73 bits per heavy atom. The van der Waals surface area contributed by atoms with E-state index in [-0.39, 0.29) is 0 Å². The summed E-state index contributed by atoms with van der Waals surface area (Å²) in [5.74, 6) is 0.407. The van der Waals surface area contributed by atoms with Crippen molar-refractivity contribution in [3.8, 4) is 0 Å². The highest BCUT2D eigenvalue weighted by atomic mass is 32.2. The molecule has 3 aromatic rings. The Bertz CT molecular complexity index is 1040. The van der Waals surface area contributed by atoms with Crippen LogP contribution in [0.5, 0.6) is 0 Å². The molecule has 0 aliphatic carbocycles. The number of fused-ring (bicyclic) bond motifs is 1. The van der Waals surface area contributed by atoms with Gasteiger partial charge in [-0.3, -0.25) is 0 Å². The summed E-state index contributed by atoms with van der Waals surface area (Å²) < 4.78 is 29.7. The maximum atomic E-state index is 12.9. The van der Waals surface area contributed by atoms with Crippen LogP contribution in [0.25, 0.3) is 10.9 Å². The van der Waals surface area contributed by atoms with Crippen LogP contribution >= 0.6 is 0 Å². The molecule has 0 bridgehead atoms. The monoisotopic (exact) mass is 368 g/mol. The largest absolute Gasteiger partial charge is 0.350 e. The first-order valence-electron chi connectivity index (χ1n) is 9.07. The van der Waals surface area contributed by atoms with E-state index < -0.39 is 10.0 Å². The molecule has 2 aromatic carbocycles. The maximum Gasteiger partial charge on any atom is 0.243 e. The summed E-state index contributed by atoms with van der Waals surface area (Å²) in [7, 11) is -1.33. The number of aryl methyl sites for hydroxylation is 2. The van der Waals surface area contributed by atoms with Gasteiger partial charge in [0.25, 0.3) is 0 Å². The number of hydrogen-bond acceptors (Lipinski definition) is 2. The minimum atomic E-state index is -3.40. The van der Waals surface area contributed by atoms with Crippen LogP contribution in [0.1, 0.15) is 29.9 Å². The van der Waals surface area contributed by atoms with Gasteiger partial charge in [0, 0.05) is 37.2 Å². The Labute approximate surface area is 155 Å². The third-order valence-corrected chi connectivity index (χ3v) is 7.34. The molecule has 0 saturated carbocycles. The zero-order valence-corrected chi connectivity index (χ0v) is 16.0. The van der Waals surface area contributed by atoms with Crippen molar-refractivity contribution in [2.45, 2.75) is 30.6 Å². The Morgan fingerprint density at radius 3 is 2.46 bits per heavy atom. The van der Waals surface area contributed by atoms with E-state index in [1.165, 1.54) is 16.5 Å². The summed E-state index contributed by atoms with van der Waals surface area (Å²) in [5, 5.41) is 1.29. The number of sulfonamides is 1. The van der Waals surface area contributed by atoms with E-state index in [9.17, 15) is 8.42 Å². The second-order valence-corrected chi connectivity index (χ2v) is 9.15. The molecule has 0 radical (unpaired) electrons. The van der Waals surface area contributed by atoms with Gasteiger partial charge in [0.1, 0.15) is 0 Å². The molecule has 2 heterocycles. The summed E-state index contributed by atoms with van der Waals surface area (Å²) >= 11 is 0. The number of rotatable bonds is 3. The normalized spacial score (nSPS) is 17.0. The van der Waals surface area contributed by atoms with Crippen LogP contribution in [0.2, 0.25) is 0 Å². The highest BCUT2D eigenvalue weighted by Gasteiger charge is 2.30. The van der Waals surface area contributed by atoms with E-state index >= 15 is 0 Å². The SMILES string of the molecule is Cc1cccc(S(=O)(=O)N2CCC(c3cn(C)c4ccccc34)CC2)c1. The van der Waals surface area contributed by atoms with Gasteiger partial charge in [0.2, 0.25) is 10.0 Å². The van der Waals surface area contributed by atoms with Gasteiger partial charge in [0.05, 0.1) is 4.90 Å². The molecule has 0 atom stereocenters.